The monoisotopic (exact) mass is 470 g/mol. The first kappa shape index (κ1) is 22.3. The van der Waals surface area contributed by atoms with Gasteiger partial charge in [0.1, 0.15) is 11.6 Å². The van der Waals surface area contributed by atoms with E-state index in [9.17, 15) is 8.42 Å². The molecule has 0 spiro atoms. The van der Waals surface area contributed by atoms with Crippen LogP contribution in [0.1, 0.15) is 23.9 Å². The SMILES string of the molecule is CCn1c(CN2CCc3ccc(OC)cc3C2)nc2cc(S(=O)(=O)N3CCOCC3)ccc21. The first-order chi connectivity index (χ1) is 16.0. The number of aryl methyl sites for hydroxylation is 1. The molecule has 1 aromatic heterocycles. The molecule has 5 rings (SSSR count). The number of morpholine rings is 1. The lowest BCUT2D eigenvalue weighted by Gasteiger charge is -2.28. The van der Waals surface area contributed by atoms with Crippen LogP contribution in [0.25, 0.3) is 11.0 Å². The van der Waals surface area contributed by atoms with Crippen molar-refractivity contribution in [2.75, 3.05) is 40.0 Å². The number of aromatic nitrogens is 2. The highest BCUT2D eigenvalue weighted by Gasteiger charge is 2.27. The van der Waals surface area contributed by atoms with Crippen LogP contribution in [0, 0.1) is 0 Å². The van der Waals surface area contributed by atoms with Crippen LogP contribution in [0.5, 0.6) is 5.75 Å². The zero-order chi connectivity index (χ0) is 23.0. The van der Waals surface area contributed by atoms with Crippen molar-refractivity contribution in [3.8, 4) is 5.75 Å². The first-order valence-electron chi connectivity index (χ1n) is 11.4. The van der Waals surface area contributed by atoms with Crippen molar-refractivity contribution in [3.63, 3.8) is 0 Å². The minimum atomic E-state index is -3.55. The van der Waals surface area contributed by atoms with Crippen LogP contribution in [0.4, 0.5) is 0 Å². The van der Waals surface area contributed by atoms with Gasteiger partial charge in [-0.2, -0.15) is 4.31 Å². The number of hydrogen-bond donors (Lipinski definition) is 0. The molecule has 0 N–H and O–H groups in total. The number of rotatable bonds is 6. The van der Waals surface area contributed by atoms with E-state index in [4.69, 9.17) is 14.5 Å². The van der Waals surface area contributed by atoms with Gasteiger partial charge in [-0.1, -0.05) is 6.07 Å². The number of nitrogens with zero attached hydrogens (tertiary/aromatic N) is 4. The van der Waals surface area contributed by atoms with Crippen LogP contribution in [-0.4, -0.2) is 67.1 Å². The second kappa shape index (κ2) is 9.06. The highest BCUT2D eigenvalue weighted by molar-refractivity contribution is 7.89. The van der Waals surface area contributed by atoms with Crippen LogP contribution in [0.2, 0.25) is 0 Å². The maximum absolute atomic E-state index is 13.1. The lowest BCUT2D eigenvalue weighted by atomic mass is 9.99. The number of methoxy groups -OCH3 is 1. The van der Waals surface area contributed by atoms with Crippen molar-refractivity contribution in [1.29, 1.82) is 0 Å². The normalized spacial score (nSPS) is 17.9. The molecule has 2 aliphatic heterocycles. The van der Waals surface area contributed by atoms with Crippen LogP contribution < -0.4 is 4.74 Å². The molecular weight excluding hydrogens is 440 g/mol. The molecule has 1 saturated heterocycles. The Bertz CT molecular complexity index is 1260. The zero-order valence-corrected chi connectivity index (χ0v) is 20.0. The predicted molar refractivity (Wildman–Crippen MR) is 126 cm³/mol. The highest BCUT2D eigenvalue weighted by Crippen LogP contribution is 2.27. The molecule has 1 fully saturated rings. The van der Waals surface area contributed by atoms with E-state index in [1.807, 2.05) is 12.1 Å². The Labute approximate surface area is 194 Å². The fourth-order valence-corrected chi connectivity index (χ4v) is 6.21. The van der Waals surface area contributed by atoms with Gasteiger partial charge in [0.25, 0.3) is 0 Å². The fraction of sp³-hybridized carbons (Fsp3) is 0.458. The third-order valence-electron chi connectivity index (χ3n) is 6.59. The fourth-order valence-electron chi connectivity index (χ4n) is 4.78. The summed E-state index contributed by atoms with van der Waals surface area (Å²) in [7, 11) is -1.86. The Morgan fingerprint density at radius 3 is 2.64 bits per heavy atom. The Balaban J connectivity index is 1.42. The summed E-state index contributed by atoms with van der Waals surface area (Å²) in [6.45, 7) is 7.02. The summed E-state index contributed by atoms with van der Waals surface area (Å²) < 4.78 is 40.6. The van der Waals surface area contributed by atoms with Crippen molar-refractivity contribution in [3.05, 3.63) is 53.3 Å². The van der Waals surface area contributed by atoms with Crippen molar-refractivity contribution in [2.45, 2.75) is 37.9 Å². The lowest BCUT2D eigenvalue weighted by molar-refractivity contribution is 0.0730. The molecule has 0 radical (unpaired) electrons. The molecule has 3 heterocycles. The summed E-state index contributed by atoms with van der Waals surface area (Å²) >= 11 is 0. The quantitative estimate of drug-likeness (QED) is 0.551. The molecule has 0 unspecified atom stereocenters. The molecule has 33 heavy (non-hydrogen) atoms. The first-order valence-corrected chi connectivity index (χ1v) is 12.9. The summed E-state index contributed by atoms with van der Waals surface area (Å²) in [4.78, 5) is 7.56. The highest BCUT2D eigenvalue weighted by atomic mass is 32.2. The lowest BCUT2D eigenvalue weighted by Crippen LogP contribution is -2.40. The molecule has 0 atom stereocenters. The second-order valence-electron chi connectivity index (χ2n) is 8.53. The van der Waals surface area contributed by atoms with Crippen molar-refractivity contribution >= 4 is 21.1 Å². The third-order valence-corrected chi connectivity index (χ3v) is 8.49. The third kappa shape index (κ3) is 4.26. The maximum Gasteiger partial charge on any atom is 0.243 e. The molecule has 0 aliphatic carbocycles. The molecule has 9 heteroatoms. The van der Waals surface area contributed by atoms with Crippen LogP contribution in [0.3, 0.4) is 0 Å². The number of sulfonamides is 1. The standard InChI is InChI=1S/C24H30N4O4S/c1-3-28-23-7-6-21(33(29,30)27-10-12-32-13-11-27)15-22(23)25-24(28)17-26-9-8-18-4-5-20(31-2)14-19(18)16-26/h4-7,14-15H,3,8-13,16-17H2,1-2H3. The van der Waals surface area contributed by atoms with Crippen molar-refractivity contribution in [2.24, 2.45) is 0 Å². The van der Waals surface area contributed by atoms with Gasteiger partial charge < -0.3 is 14.0 Å². The van der Waals surface area contributed by atoms with Gasteiger partial charge in [0.05, 0.1) is 42.8 Å². The predicted octanol–water partition coefficient (Wildman–Crippen LogP) is 2.64. The molecule has 176 valence electrons. The Morgan fingerprint density at radius 1 is 1.06 bits per heavy atom. The minimum Gasteiger partial charge on any atom is -0.497 e. The van der Waals surface area contributed by atoms with Crippen molar-refractivity contribution < 1.29 is 17.9 Å². The van der Waals surface area contributed by atoms with Gasteiger partial charge in [-0.3, -0.25) is 4.90 Å². The van der Waals surface area contributed by atoms with E-state index in [-0.39, 0.29) is 0 Å². The summed E-state index contributed by atoms with van der Waals surface area (Å²) in [6, 6.07) is 11.6. The van der Waals surface area contributed by atoms with E-state index < -0.39 is 10.0 Å². The van der Waals surface area contributed by atoms with E-state index in [2.05, 4.69) is 28.5 Å². The summed E-state index contributed by atoms with van der Waals surface area (Å²) in [6.07, 6.45) is 0.994. The molecule has 0 saturated carbocycles. The molecule has 3 aromatic rings. The smallest absolute Gasteiger partial charge is 0.243 e. The number of fused-ring (bicyclic) bond motifs is 2. The van der Waals surface area contributed by atoms with Gasteiger partial charge in [-0.15, -0.1) is 0 Å². The van der Waals surface area contributed by atoms with E-state index in [0.717, 1.165) is 48.7 Å². The molecule has 2 aromatic carbocycles. The van der Waals surface area contributed by atoms with E-state index in [1.165, 1.54) is 15.4 Å². The van der Waals surface area contributed by atoms with E-state index >= 15 is 0 Å². The molecule has 0 amide bonds. The van der Waals surface area contributed by atoms with Gasteiger partial charge in [0, 0.05) is 32.7 Å². The van der Waals surface area contributed by atoms with E-state index in [0.29, 0.717) is 37.7 Å². The summed E-state index contributed by atoms with van der Waals surface area (Å²) in [5.41, 5.74) is 4.35. The number of benzene rings is 2. The minimum absolute atomic E-state index is 0.295. The molecular formula is C24H30N4O4S. The molecule has 8 nitrogen and oxygen atoms in total. The Morgan fingerprint density at radius 2 is 1.88 bits per heavy atom. The van der Waals surface area contributed by atoms with Crippen LogP contribution in [0.15, 0.2) is 41.3 Å². The number of imidazole rings is 1. The number of ether oxygens (including phenoxy) is 2. The Kier molecular flexibility index (Phi) is 6.13. The Hall–Kier alpha value is -2.46. The summed E-state index contributed by atoms with van der Waals surface area (Å²) in [5.74, 6) is 1.84. The second-order valence-corrected chi connectivity index (χ2v) is 10.5. The zero-order valence-electron chi connectivity index (χ0n) is 19.2. The topological polar surface area (TPSA) is 76.9 Å². The van der Waals surface area contributed by atoms with Gasteiger partial charge in [0.15, 0.2) is 0 Å². The van der Waals surface area contributed by atoms with Gasteiger partial charge in [-0.05, 0) is 54.8 Å². The largest absolute Gasteiger partial charge is 0.497 e. The maximum atomic E-state index is 13.1. The summed E-state index contributed by atoms with van der Waals surface area (Å²) in [5, 5.41) is 0. The van der Waals surface area contributed by atoms with Crippen LogP contribution >= 0.6 is 0 Å². The van der Waals surface area contributed by atoms with Gasteiger partial charge in [0.2, 0.25) is 10.0 Å². The van der Waals surface area contributed by atoms with E-state index in [1.54, 1.807) is 19.2 Å². The average molecular weight is 471 g/mol. The molecule has 2 aliphatic rings. The van der Waals surface area contributed by atoms with Gasteiger partial charge >= 0.3 is 0 Å². The van der Waals surface area contributed by atoms with Gasteiger partial charge in [-0.25, -0.2) is 13.4 Å². The van der Waals surface area contributed by atoms with Crippen LogP contribution in [-0.2, 0) is 40.8 Å². The van der Waals surface area contributed by atoms with Crippen molar-refractivity contribution in [1.82, 2.24) is 18.8 Å². The average Bonchev–Trinajstić information content (AvgIpc) is 3.20. The molecule has 0 bridgehead atoms. The number of hydrogen-bond acceptors (Lipinski definition) is 6.